The van der Waals surface area contributed by atoms with Gasteiger partial charge in [-0.05, 0) is 31.2 Å². The number of hydrogen-bond acceptors (Lipinski definition) is 6. The molecule has 0 atom stereocenters. The first kappa shape index (κ1) is 19.4. The van der Waals surface area contributed by atoms with Gasteiger partial charge in [0.2, 0.25) is 0 Å². The highest BCUT2D eigenvalue weighted by atomic mass is 16.5. The Hall–Kier alpha value is -3.52. The van der Waals surface area contributed by atoms with Crippen LogP contribution >= 0.6 is 0 Å². The zero-order valence-electron chi connectivity index (χ0n) is 17.8. The van der Waals surface area contributed by atoms with Gasteiger partial charge in [-0.25, -0.2) is 9.50 Å². The highest BCUT2D eigenvalue weighted by Gasteiger charge is 2.24. The second kappa shape index (κ2) is 7.63. The van der Waals surface area contributed by atoms with Crippen molar-refractivity contribution in [3.8, 4) is 22.8 Å². The Balaban J connectivity index is 1.47. The molecule has 0 unspecified atom stereocenters. The molecule has 3 aromatic heterocycles. The Morgan fingerprint density at radius 1 is 1.19 bits per heavy atom. The second-order valence-electron chi connectivity index (χ2n) is 7.73. The topological polar surface area (TPSA) is 85.0 Å². The monoisotopic (exact) mass is 420 g/mol. The molecule has 8 nitrogen and oxygen atoms in total. The number of aromatic amines is 1. The van der Waals surface area contributed by atoms with Gasteiger partial charge in [0.25, 0.3) is 5.56 Å². The van der Waals surface area contributed by atoms with Gasteiger partial charge in [0, 0.05) is 43.2 Å². The first-order chi connectivity index (χ1) is 15.1. The van der Waals surface area contributed by atoms with Crippen molar-refractivity contribution >= 4 is 5.65 Å². The SMILES string of the molecule is COc1ccc(OC)c(CN2CCc3nc4cc(-c5ccoc5C)[nH]n4c(=O)c3C2)c1. The van der Waals surface area contributed by atoms with Crippen LogP contribution in [0.15, 0.2) is 45.8 Å². The third-order valence-corrected chi connectivity index (χ3v) is 5.87. The summed E-state index contributed by atoms with van der Waals surface area (Å²) < 4.78 is 17.8. The van der Waals surface area contributed by atoms with Crippen molar-refractivity contribution < 1.29 is 13.9 Å². The lowest BCUT2D eigenvalue weighted by Gasteiger charge is -2.28. The van der Waals surface area contributed by atoms with Gasteiger partial charge < -0.3 is 13.9 Å². The van der Waals surface area contributed by atoms with Crippen LogP contribution in [-0.2, 0) is 19.5 Å². The van der Waals surface area contributed by atoms with E-state index in [-0.39, 0.29) is 5.56 Å². The van der Waals surface area contributed by atoms with Gasteiger partial charge in [-0.15, -0.1) is 0 Å². The summed E-state index contributed by atoms with van der Waals surface area (Å²) in [5, 5.41) is 3.18. The highest BCUT2D eigenvalue weighted by Crippen LogP contribution is 2.28. The van der Waals surface area contributed by atoms with E-state index in [9.17, 15) is 4.79 Å². The molecule has 4 aromatic rings. The summed E-state index contributed by atoms with van der Waals surface area (Å²) in [5.74, 6) is 2.38. The lowest BCUT2D eigenvalue weighted by molar-refractivity contribution is 0.237. The molecular weight excluding hydrogens is 396 g/mol. The lowest BCUT2D eigenvalue weighted by Crippen LogP contribution is -2.36. The number of aryl methyl sites for hydroxylation is 1. The van der Waals surface area contributed by atoms with E-state index >= 15 is 0 Å². The minimum absolute atomic E-state index is 0.0605. The Labute approximate surface area is 179 Å². The normalized spacial score (nSPS) is 14.0. The summed E-state index contributed by atoms with van der Waals surface area (Å²) in [4.78, 5) is 20.3. The number of methoxy groups -OCH3 is 2. The van der Waals surface area contributed by atoms with Crippen LogP contribution in [0.1, 0.15) is 22.6 Å². The maximum Gasteiger partial charge on any atom is 0.277 e. The number of ether oxygens (including phenoxy) is 2. The number of hydrogen-bond donors (Lipinski definition) is 1. The van der Waals surface area contributed by atoms with Gasteiger partial charge in [-0.3, -0.25) is 14.8 Å². The molecule has 0 bridgehead atoms. The van der Waals surface area contributed by atoms with Gasteiger partial charge in [-0.2, -0.15) is 0 Å². The Kier molecular flexibility index (Phi) is 4.78. The molecule has 0 saturated heterocycles. The van der Waals surface area contributed by atoms with E-state index in [4.69, 9.17) is 18.9 Å². The predicted molar refractivity (Wildman–Crippen MR) is 116 cm³/mol. The number of aromatic nitrogens is 3. The fourth-order valence-corrected chi connectivity index (χ4v) is 4.22. The largest absolute Gasteiger partial charge is 0.497 e. The first-order valence-electron chi connectivity index (χ1n) is 10.2. The third-order valence-electron chi connectivity index (χ3n) is 5.87. The third kappa shape index (κ3) is 3.38. The quantitative estimate of drug-likeness (QED) is 0.534. The molecule has 8 heteroatoms. The van der Waals surface area contributed by atoms with Crippen LogP contribution in [0, 0.1) is 6.92 Å². The van der Waals surface area contributed by atoms with Crippen LogP contribution in [0.5, 0.6) is 11.5 Å². The molecule has 0 radical (unpaired) electrons. The molecule has 1 aliphatic heterocycles. The van der Waals surface area contributed by atoms with E-state index in [2.05, 4.69) is 10.00 Å². The Morgan fingerprint density at radius 2 is 2.06 bits per heavy atom. The molecule has 160 valence electrons. The van der Waals surface area contributed by atoms with Crippen LogP contribution in [-0.4, -0.2) is 40.3 Å². The fourth-order valence-electron chi connectivity index (χ4n) is 4.22. The average molecular weight is 420 g/mol. The van der Waals surface area contributed by atoms with Crippen LogP contribution < -0.4 is 15.0 Å². The molecule has 0 saturated carbocycles. The molecular formula is C23H24N4O4. The number of nitrogens with zero attached hydrogens (tertiary/aromatic N) is 3. The zero-order valence-corrected chi connectivity index (χ0v) is 17.8. The summed E-state index contributed by atoms with van der Waals surface area (Å²) in [6, 6.07) is 9.55. The van der Waals surface area contributed by atoms with E-state index in [1.807, 2.05) is 37.3 Å². The number of nitrogens with one attached hydrogen (secondary N) is 1. The standard InChI is InChI=1S/C23H24N4O4/c1-14-17(7-9-31-14)20-11-22-24-19-6-8-26(13-18(19)23(28)27(22)25-20)12-15-10-16(29-2)4-5-21(15)30-3/h4-5,7,9-11,25H,6,8,12-13H2,1-3H3. The van der Waals surface area contributed by atoms with E-state index in [0.717, 1.165) is 58.3 Å². The van der Waals surface area contributed by atoms with E-state index < -0.39 is 0 Å². The predicted octanol–water partition coefficient (Wildman–Crippen LogP) is 3.17. The lowest BCUT2D eigenvalue weighted by atomic mass is 10.1. The number of benzene rings is 1. The summed E-state index contributed by atoms with van der Waals surface area (Å²) >= 11 is 0. The van der Waals surface area contributed by atoms with Crippen LogP contribution in [0.2, 0.25) is 0 Å². The van der Waals surface area contributed by atoms with Crippen molar-refractivity contribution in [1.82, 2.24) is 19.5 Å². The average Bonchev–Trinajstić information content (AvgIpc) is 3.40. The van der Waals surface area contributed by atoms with Gasteiger partial charge in [-0.1, -0.05) is 0 Å². The first-order valence-corrected chi connectivity index (χ1v) is 10.2. The molecule has 31 heavy (non-hydrogen) atoms. The van der Waals surface area contributed by atoms with Gasteiger partial charge >= 0.3 is 0 Å². The number of rotatable bonds is 5. The molecule has 0 amide bonds. The number of H-pyrrole nitrogens is 1. The van der Waals surface area contributed by atoms with Crippen molar-refractivity contribution in [3.05, 3.63) is 69.5 Å². The Morgan fingerprint density at radius 3 is 2.81 bits per heavy atom. The van der Waals surface area contributed by atoms with Crippen molar-refractivity contribution in [2.45, 2.75) is 26.4 Å². The maximum absolute atomic E-state index is 13.3. The minimum Gasteiger partial charge on any atom is -0.497 e. The van der Waals surface area contributed by atoms with Gasteiger partial charge in [0.1, 0.15) is 17.3 Å². The summed E-state index contributed by atoms with van der Waals surface area (Å²) in [5.41, 5.74) is 4.93. The molecule has 1 N–H and O–H groups in total. The van der Waals surface area contributed by atoms with Crippen molar-refractivity contribution in [2.24, 2.45) is 0 Å². The smallest absolute Gasteiger partial charge is 0.277 e. The molecule has 0 aliphatic carbocycles. The van der Waals surface area contributed by atoms with Crippen molar-refractivity contribution in [2.75, 3.05) is 20.8 Å². The molecule has 0 fully saturated rings. The van der Waals surface area contributed by atoms with Gasteiger partial charge in [0.15, 0.2) is 5.65 Å². The molecule has 1 aliphatic rings. The zero-order chi connectivity index (χ0) is 21.5. The molecule has 0 spiro atoms. The van der Waals surface area contributed by atoms with Crippen molar-refractivity contribution in [3.63, 3.8) is 0 Å². The number of fused-ring (bicyclic) bond motifs is 2. The second-order valence-corrected chi connectivity index (χ2v) is 7.73. The van der Waals surface area contributed by atoms with Gasteiger partial charge in [0.05, 0.1) is 37.4 Å². The maximum atomic E-state index is 13.3. The molecule has 5 rings (SSSR count). The van der Waals surface area contributed by atoms with E-state index in [1.54, 1.807) is 20.5 Å². The van der Waals surface area contributed by atoms with E-state index in [0.29, 0.717) is 18.7 Å². The van der Waals surface area contributed by atoms with Crippen LogP contribution in [0.3, 0.4) is 0 Å². The minimum atomic E-state index is -0.0605. The molecule has 1 aromatic carbocycles. The van der Waals surface area contributed by atoms with Crippen LogP contribution in [0.25, 0.3) is 16.9 Å². The van der Waals surface area contributed by atoms with Crippen LogP contribution in [0.4, 0.5) is 0 Å². The van der Waals surface area contributed by atoms with Crippen molar-refractivity contribution in [1.29, 1.82) is 0 Å². The summed E-state index contributed by atoms with van der Waals surface area (Å²) in [7, 11) is 3.31. The highest BCUT2D eigenvalue weighted by molar-refractivity contribution is 5.65. The molecule has 4 heterocycles. The summed E-state index contributed by atoms with van der Waals surface area (Å²) in [6.07, 6.45) is 2.36. The summed E-state index contributed by atoms with van der Waals surface area (Å²) in [6.45, 7) is 3.90. The Bertz CT molecular complexity index is 1320. The van der Waals surface area contributed by atoms with E-state index in [1.165, 1.54) is 4.52 Å². The fraction of sp³-hybridized carbons (Fsp3) is 0.304. The number of furan rings is 1.